The van der Waals surface area contributed by atoms with Crippen molar-refractivity contribution in [3.05, 3.63) is 45.8 Å². The highest BCUT2D eigenvalue weighted by atomic mass is 32.1. The Kier molecular flexibility index (Phi) is 5.70. The number of H-pyrrole nitrogens is 1. The van der Waals surface area contributed by atoms with Crippen LogP contribution in [0.15, 0.2) is 34.4 Å². The molecule has 2 heterocycles. The summed E-state index contributed by atoms with van der Waals surface area (Å²) >= 11 is 1.46. The molecule has 0 saturated carbocycles. The fourth-order valence-electron chi connectivity index (χ4n) is 2.88. The molecular weight excluding hydrogens is 350 g/mol. The molecule has 1 atom stereocenters. The van der Waals surface area contributed by atoms with Gasteiger partial charge in [0.2, 0.25) is 0 Å². The number of hydrogen-bond donors (Lipinski definition) is 2. The van der Waals surface area contributed by atoms with Gasteiger partial charge in [-0.3, -0.25) is 9.69 Å². The maximum absolute atomic E-state index is 12.7. The van der Waals surface area contributed by atoms with E-state index in [1.54, 1.807) is 7.11 Å². The average molecular weight is 373 g/mol. The summed E-state index contributed by atoms with van der Waals surface area (Å²) in [6, 6.07) is 7.65. The number of fused-ring (bicyclic) bond motifs is 1. The van der Waals surface area contributed by atoms with Gasteiger partial charge in [0.05, 0.1) is 25.1 Å². The Morgan fingerprint density at radius 2 is 2.23 bits per heavy atom. The number of aromatic nitrogens is 2. The van der Waals surface area contributed by atoms with Crippen molar-refractivity contribution in [2.45, 2.75) is 26.0 Å². The van der Waals surface area contributed by atoms with Gasteiger partial charge in [-0.05, 0) is 31.2 Å². The maximum atomic E-state index is 12.7. The number of aliphatic hydroxyl groups is 1. The minimum Gasteiger partial charge on any atom is -0.497 e. The lowest BCUT2D eigenvalue weighted by atomic mass is 10.1. The van der Waals surface area contributed by atoms with E-state index in [-0.39, 0.29) is 11.7 Å². The lowest BCUT2D eigenvalue weighted by molar-refractivity contribution is 0.118. The van der Waals surface area contributed by atoms with Gasteiger partial charge in [-0.25, -0.2) is 4.98 Å². The van der Waals surface area contributed by atoms with E-state index < -0.39 is 0 Å². The van der Waals surface area contributed by atoms with Gasteiger partial charge in [0.25, 0.3) is 5.56 Å². The molecular formula is C19H23N3O3S. The highest BCUT2D eigenvalue weighted by molar-refractivity contribution is 7.17. The maximum Gasteiger partial charge on any atom is 0.260 e. The minimum atomic E-state index is -0.378. The third-order valence-corrected chi connectivity index (χ3v) is 5.16. The summed E-state index contributed by atoms with van der Waals surface area (Å²) in [6.45, 7) is 2.96. The van der Waals surface area contributed by atoms with Gasteiger partial charge >= 0.3 is 0 Å². The molecule has 0 aliphatic rings. The number of likely N-dealkylation sites (N-methyl/N-ethyl adjacent to an activating group) is 1. The van der Waals surface area contributed by atoms with Gasteiger partial charge in [-0.1, -0.05) is 19.1 Å². The molecule has 0 radical (unpaired) electrons. The van der Waals surface area contributed by atoms with E-state index in [2.05, 4.69) is 9.97 Å². The Bertz CT molecular complexity index is 951. The highest BCUT2D eigenvalue weighted by Gasteiger charge is 2.15. The third kappa shape index (κ3) is 3.95. The molecule has 0 aliphatic carbocycles. The Labute approximate surface area is 156 Å². The van der Waals surface area contributed by atoms with Crippen molar-refractivity contribution in [2.24, 2.45) is 0 Å². The molecule has 26 heavy (non-hydrogen) atoms. The first-order chi connectivity index (χ1) is 12.5. The molecule has 1 unspecified atom stereocenters. The summed E-state index contributed by atoms with van der Waals surface area (Å²) in [4.78, 5) is 22.8. The fraction of sp³-hybridized carbons (Fsp3) is 0.368. The van der Waals surface area contributed by atoms with Gasteiger partial charge in [0.1, 0.15) is 16.4 Å². The predicted molar refractivity (Wildman–Crippen MR) is 105 cm³/mol. The zero-order valence-electron chi connectivity index (χ0n) is 15.2. The quantitative estimate of drug-likeness (QED) is 0.666. The Balaban J connectivity index is 1.93. The number of benzene rings is 1. The Morgan fingerprint density at radius 1 is 1.42 bits per heavy atom. The van der Waals surface area contributed by atoms with E-state index in [9.17, 15) is 9.90 Å². The van der Waals surface area contributed by atoms with Crippen LogP contribution in [0.4, 0.5) is 0 Å². The SMILES string of the molecule is CCC(O)CN(C)Cc1nc2scc(-c3cccc(OC)c3)c2c(=O)[nH]1. The third-order valence-electron chi connectivity index (χ3n) is 4.29. The van der Waals surface area contributed by atoms with E-state index in [0.717, 1.165) is 16.9 Å². The number of rotatable bonds is 7. The fourth-order valence-corrected chi connectivity index (χ4v) is 3.85. The topological polar surface area (TPSA) is 78.5 Å². The van der Waals surface area contributed by atoms with E-state index in [1.165, 1.54) is 11.3 Å². The number of thiophene rings is 1. The average Bonchev–Trinajstić information content (AvgIpc) is 3.06. The highest BCUT2D eigenvalue weighted by Crippen LogP contribution is 2.32. The number of aliphatic hydroxyl groups excluding tert-OH is 1. The van der Waals surface area contributed by atoms with Crippen LogP contribution in [0, 0.1) is 0 Å². The molecule has 0 amide bonds. The lowest BCUT2D eigenvalue weighted by Gasteiger charge is -2.18. The molecule has 3 rings (SSSR count). The summed E-state index contributed by atoms with van der Waals surface area (Å²) in [5.74, 6) is 1.35. The molecule has 7 heteroatoms. The molecule has 2 aromatic heterocycles. The van der Waals surface area contributed by atoms with Crippen LogP contribution in [0.25, 0.3) is 21.3 Å². The number of methoxy groups -OCH3 is 1. The number of hydrogen-bond acceptors (Lipinski definition) is 6. The van der Waals surface area contributed by atoms with Gasteiger partial charge in [-0.15, -0.1) is 11.3 Å². The first-order valence-corrected chi connectivity index (χ1v) is 9.41. The second kappa shape index (κ2) is 7.99. The van der Waals surface area contributed by atoms with Crippen molar-refractivity contribution < 1.29 is 9.84 Å². The van der Waals surface area contributed by atoms with Crippen molar-refractivity contribution in [2.75, 3.05) is 20.7 Å². The van der Waals surface area contributed by atoms with E-state index >= 15 is 0 Å². The van der Waals surface area contributed by atoms with Gasteiger partial charge in [0.15, 0.2) is 0 Å². The molecule has 0 saturated heterocycles. The largest absolute Gasteiger partial charge is 0.497 e. The van der Waals surface area contributed by atoms with E-state index in [1.807, 2.05) is 48.5 Å². The predicted octanol–water partition coefficient (Wildman–Crippen LogP) is 2.86. The lowest BCUT2D eigenvalue weighted by Crippen LogP contribution is -2.29. The van der Waals surface area contributed by atoms with Gasteiger partial charge < -0.3 is 14.8 Å². The number of nitrogens with one attached hydrogen (secondary N) is 1. The summed E-state index contributed by atoms with van der Waals surface area (Å²) in [5.41, 5.74) is 1.64. The number of nitrogens with zero attached hydrogens (tertiary/aromatic N) is 2. The number of ether oxygens (including phenoxy) is 1. The van der Waals surface area contributed by atoms with Crippen molar-refractivity contribution in [3.63, 3.8) is 0 Å². The van der Waals surface area contributed by atoms with Crippen LogP contribution in [-0.2, 0) is 6.54 Å². The van der Waals surface area contributed by atoms with Crippen LogP contribution < -0.4 is 10.3 Å². The Hall–Kier alpha value is -2.22. The van der Waals surface area contributed by atoms with Gasteiger partial charge in [-0.2, -0.15) is 0 Å². The second-order valence-corrected chi connectivity index (χ2v) is 7.19. The molecule has 3 aromatic rings. The van der Waals surface area contributed by atoms with Crippen LogP contribution in [0.5, 0.6) is 5.75 Å². The van der Waals surface area contributed by atoms with Crippen LogP contribution in [-0.4, -0.2) is 46.8 Å². The summed E-state index contributed by atoms with van der Waals surface area (Å²) in [5, 5.41) is 12.3. The standard InChI is InChI=1S/C19H23N3O3S/c1-4-13(23)9-22(2)10-16-20-18(24)17-15(11-26-19(17)21-16)12-6-5-7-14(8-12)25-3/h5-8,11,13,23H,4,9-10H2,1-3H3,(H,20,21,24). The molecule has 1 aromatic carbocycles. The van der Waals surface area contributed by atoms with E-state index in [4.69, 9.17) is 4.74 Å². The summed E-state index contributed by atoms with van der Waals surface area (Å²) in [7, 11) is 3.52. The van der Waals surface area contributed by atoms with Crippen molar-refractivity contribution in [3.8, 4) is 16.9 Å². The Morgan fingerprint density at radius 3 is 2.96 bits per heavy atom. The van der Waals surface area contributed by atoms with Crippen molar-refractivity contribution in [1.29, 1.82) is 0 Å². The molecule has 0 aliphatic heterocycles. The summed E-state index contributed by atoms with van der Waals surface area (Å²) in [6.07, 6.45) is 0.319. The van der Waals surface area contributed by atoms with Gasteiger partial charge in [0, 0.05) is 17.5 Å². The minimum absolute atomic E-state index is 0.145. The van der Waals surface area contributed by atoms with Crippen LogP contribution in [0.1, 0.15) is 19.2 Å². The molecule has 0 bridgehead atoms. The zero-order valence-corrected chi connectivity index (χ0v) is 16.0. The van der Waals surface area contributed by atoms with Crippen LogP contribution >= 0.6 is 11.3 Å². The smallest absolute Gasteiger partial charge is 0.260 e. The van der Waals surface area contributed by atoms with Crippen molar-refractivity contribution >= 4 is 21.6 Å². The molecule has 6 nitrogen and oxygen atoms in total. The van der Waals surface area contributed by atoms with Crippen LogP contribution in [0.2, 0.25) is 0 Å². The first-order valence-electron chi connectivity index (χ1n) is 8.53. The summed E-state index contributed by atoms with van der Waals surface area (Å²) < 4.78 is 5.27. The first kappa shape index (κ1) is 18.6. The molecule has 0 spiro atoms. The monoisotopic (exact) mass is 373 g/mol. The van der Waals surface area contributed by atoms with Crippen LogP contribution in [0.3, 0.4) is 0 Å². The van der Waals surface area contributed by atoms with E-state index in [0.29, 0.717) is 35.6 Å². The second-order valence-electron chi connectivity index (χ2n) is 6.33. The van der Waals surface area contributed by atoms with Crippen molar-refractivity contribution in [1.82, 2.24) is 14.9 Å². The molecule has 0 fully saturated rings. The number of aromatic amines is 1. The zero-order chi connectivity index (χ0) is 18.7. The normalized spacial score (nSPS) is 12.7. The molecule has 2 N–H and O–H groups in total. The molecule has 138 valence electrons.